The van der Waals surface area contributed by atoms with Gasteiger partial charge in [-0.15, -0.1) is 0 Å². The van der Waals surface area contributed by atoms with Crippen LogP contribution < -0.4 is 5.32 Å². The molecule has 2 aromatic rings. The van der Waals surface area contributed by atoms with Crippen molar-refractivity contribution in [3.63, 3.8) is 0 Å². The number of nitrogens with zero attached hydrogens (tertiary/aromatic N) is 2. The Hall–Kier alpha value is -2.15. The van der Waals surface area contributed by atoms with E-state index in [1.165, 1.54) is 0 Å². The first-order chi connectivity index (χ1) is 11.2. The average molecular weight is 347 g/mol. The Bertz CT molecular complexity index is 880. The number of anilines is 1. The Morgan fingerprint density at radius 3 is 2.42 bits per heavy atom. The number of benzene rings is 1. The van der Waals surface area contributed by atoms with Crippen molar-refractivity contribution in [2.45, 2.75) is 33.2 Å². The maximum absolute atomic E-state index is 12.4. The number of carbonyl (C=O) groups excluding carboxylic acids is 1. The lowest BCUT2D eigenvalue weighted by molar-refractivity contribution is 0.102. The van der Waals surface area contributed by atoms with E-state index in [4.69, 9.17) is 0 Å². The number of rotatable bonds is 3. The topological polar surface area (TPSA) is 81.1 Å². The number of carbonyl (C=O) groups is 1. The van der Waals surface area contributed by atoms with Crippen molar-refractivity contribution in [2.24, 2.45) is 0 Å². The van der Waals surface area contributed by atoms with E-state index in [9.17, 15) is 13.2 Å². The molecule has 3 rings (SSSR count). The molecule has 2 heterocycles. The summed E-state index contributed by atoms with van der Waals surface area (Å²) in [7, 11) is -2.99. The van der Waals surface area contributed by atoms with Gasteiger partial charge in [0.05, 0.1) is 17.5 Å². The number of amides is 1. The Kier molecular flexibility index (Phi) is 4.21. The molecule has 0 bridgehead atoms. The highest BCUT2D eigenvalue weighted by molar-refractivity contribution is 7.91. The third-order valence-corrected chi connectivity index (χ3v) is 5.94. The molecule has 1 N–H and O–H groups in total. The fraction of sp³-hybridized carbons (Fsp3) is 0.412. The van der Waals surface area contributed by atoms with Crippen LogP contribution in [0.15, 0.2) is 24.3 Å². The number of hydrogen-bond donors (Lipinski definition) is 1. The smallest absolute Gasteiger partial charge is 0.276 e. The molecule has 0 spiro atoms. The summed E-state index contributed by atoms with van der Waals surface area (Å²) in [4.78, 5) is 12.4. The van der Waals surface area contributed by atoms with Gasteiger partial charge in [0.1, 0.15) is 0 Å². The van der Waals surface area contributed by atoms with Crippen LogP contribution in [0.2, 0.25) is 0 Å². The molecule has 128 valence electrons. The molecule has 1 amide bonds. The van der Waals surface area contributed by atoms with E-state index < -0.39 is 9.84 Å². The molecule has 1 atom stereocenters. The van der Waals surface area contributed by atoms with Crippen LogP contribution in [-0.4, -0.2) is 35.6 Å². The number of hydrogen-bond acceptors (Lipinski definition) is 4. The minimum atomic E-state index is -2.99. The fourth-order valence-electron chi connectivity index (χ4n) is 3.18. The van der Waals surface area contributed by atoms with Crippen molar-refractivity contribution in [3.8, 4) is 0 Å². The van der Waals surface area contributed by atoms with Crippen LogP contribution in [0.25, 0.3) is 0 Å². The van der Waals surface area contributed by atoms with Crippen LogP contribution in [0, 0.1) is 20.8 Å². The van der Waals surface area contributed by atoms with Gasteiger partial charge in [-0.1, -0.05) is 6.07 Å². The van der Waals surface area contributed by atoms with Gasteiger partial charge in [0.25, 0.3) is 5.91 Å². The van der Waals surface area contributed by atoms with Crippen molar-refractivity contribution in [3.05, 3.63) is 46.8 Å². The summed E-state index contributed by atoms with van der Waals surface area (Å²) >= 11 is 0. The lowest BCUT2D eigenvalue weighted by Crippen LogP contribution is -2.16. The van der Waals surface area contributed by atoms with Crippen molar-refractivity contribution in [1.82, 2.24) is 9.78 Å². The molecule has 7 heteroatoms. The van der Waals surface area contributed by atoms with Gasteiger partial charge in [-0.2, -0.15) is 5.10 Å². The first-order valence-corrected chi connectivity index (χ1v) is 9.72. The lowest BCUT2D eigenvalue weighted by Gasteiger charge is -2.10. The van der Waals surface area contributed by atoms with E-state index in [-0.39, 0.29) is 23.5 Å². The minimum absolute atomic E-state index is 0.0909. The standard InChI is InChI=1S/C17H21N3O3S/c1-11-6-12(2)8-14(7-11)18-17(21)16-9-13(3)20(19-16)15-4-5-24(22,23)10-15/h6-9,15H,4-5,10H2,1-3H3,(H,18,21). The maximum atomic E-state index is 12.4. The van der Waals surface area contributed by atoms with Crippen LogP contribution in [0.4, 0.5) is 5.69 Å². The Balaban J connectivity index is 1.80. The van der Waals surface area contributed by atoms with Gasteiger partial charge in [-0.3, -0.25) is 9.48 Å². The molecule has 1 aromatic carbocycles. The van der Waals surface area contributed by atoms with E-state index in [1.54, 1.807) is 10.7 Å². The van der Waals surface area contributed by atoms with Crippen LogP contribution in [-0.2, 0) is 9.84 Å². The average Bonchev–Trinajstić information content (AvgIpc) is 3.00. The third-order valence-electron chi connectivity index (χ3n) is 4.19. The van der Waals surface area contributed by atoms with Gasteiger partial charge in [0, 0.05) is 11.4 Å². The number of nitrogens with one attached hydrogen (secondary N) is 1. The molecule has 1 aliphatic rings. The van der Waals surface area contributed by atoms with Crippen LogP contribution in [0.3, 0.4) is 0 Å². The molecule has 0 aliphatic carbocycles. The SMILES string of the molecule is Cc1cc(C)cc(NC(=O)c2cc(C)n(C3CCS(=O)(=O)C3)n2)c1. The molecule has 6 nitrogen and oxygen atoms in total. The highest BCUT2D eigenvalue weighted by Gasteiger charge is 2.31. The van der Waals surface area contributed by atoms with E-state index in [1.807, 2.05) is 39.0 Å². The van der Waals surface area contributed by atoms with E-state index in [0.717, 1.165) is 22.5 Å². The zero-order chi connectivity index (χ0) is 17.5. The van der Waals surface area contributed by atoms with E-state index in [0.29, 0.717) is 12.1 Å². The fourth-order valence-corrected chi connectivity index (χ4v) is 4.87. The predicted molar refractivity (Wildman–Crippen MR) is 93.1 cm³/mol. The Labute approximate surface area is 141 Å². The summed E-state index contributed by atoms with van der Waals surface area (Å²) in [6.45, 7) is 5.79. The first-order valence-electron chi connectivity index (χ1n) is 7.90. The molecule has 1 fully saturated rings. The van der Waals surface area contributed by atoms with Crippen molar-refractivity contribution < 1.29 is 13.2 Å². The van der Waals surface area contributed by atoms with Gasteiger partial charge >= 0.3 is 0 Å². The summed E-state index contributed by atoms with van der Waals surface area (Å²) in [5.74, 6) is -0.0166. The second-order valence-corrected chi connectivity index (χ2v) is 8.73. The summed E-state index contributed by atoms with van der Waals surface area (Å²) in [5.41, 5.74) is 3.97. The minimum Gasteiger partial charge on any atom is -0.321 e. The summed E-state index contributed by atoms with van der Waals surface area (Å²) in [6, 6.07) is 7.35. The second kappa shape index (κ2) is 6.05. The third kappa shape index (κ3) is 3.51. The molecule has 0 radical (unpaired) electrons. The largest absolute Gasteiger partial charge is 0.321 e. The van der Waals surface area contributed by atoms with Crippen molar-refractivity contribution >= 4 is 21.4 Å². The van der Waals surface area contributed by atoms with Crippen molar-refractivity contribution in [2.75, 3.05) is 16.8 Å². The predicted octanol–water partition coefficient (Wildman–Crippen LogP) is 2.42. The van der Waals surface area contributed by atoms with Gasteiger partial charge in [0.15, 0.2) is 15.5 Å². The number of aromatic nitrogens is 2. The molecule has 1 saturated heterocycles. The molecule has 1 aliphatic heterocycles. The molecule has 1 unspecified atom stereocenters. The quantitative estimate of drug-likeness (QED) is 0.924. The molecular formula is C17H21N3O3S. The number of aryl methyl sites for hydroxylation is 3. The zero-order valence-electron chi connectivity index (χ0n) is 14.0. The van der Waals surface area contributed by atoms with Gasteiger partial charge in [-0.25, -0.2) is 8.42 Å². The van der Waals surface area contributed by atoms with Gasteiger partial charge in [0.2, 0.25) is 0 Å². The Morgan fingerprint density at radius 2 is 1.83 bits per heavy atom. The zero-order valence-corrected chi connectivity index (χ0v) is 14.9. The van der Waals surface area contributed by atoms with Crippen LogP contribution in [0.5, 0.6) is 0 Å². The monoisotopic (exact) mass is 347 g/mol. The van der Waals surface area contributed by atoms with Crippen LogP contribution in [0.1, 0.15) is 39.8 Å². The molecule has 24 heavy (non-hydrogen) atoms. The Morgan fingerprint density at radius 1 is 1.17 bits per heavy atom. The van der Waals surface area contributed by atoms with E-state index in [2.05, 4.69) is 10.4 Å². The molecular weight excluding hydrogens is 326 g/mol. The van der Waals surface area contributed by atoms with Gasteiger partial charge < -0.3 is 5.32 Å². The normalized spacial score (nSPS) is 19.4. The highest BCUT2D eigenvalue weighted by Crippen LogP contribution is 2.25. The second-order valence-electron chi connectivity index (χ2n) is 6.50. The molecule has 0 saturated carbocycles. The summed E-state index contributed by atoms with van der Waals surface area (Å²) in [6.07, 6.45) is 0.545. The first kappa shape index (κ1) is 16.7. The number of sulfone groups is 1. The molecule has 1 aromatic heterocycles. The maximum Gasteiger partial charge on any atom is 0.276 e. The summed E-state index contributed by atoms with van der Waals surface area (Å²) in [5, 5.41) is 7.19. The van der Waals surface area contributed by atoms with Crippen LogP contribution >= 0.6 is 0 Å². The van der Waals surface area contributed by atoms with Crippen molar-refractivity contribution in [1.29, 1.82) is 0 Å². The lowest BCUT2D eigenvalue weighted by atomic mass is 10.1. The van der Waals surface area contributed by atoms with Gasteiger partial charge in [-0.05, 0) is 56.5 Å². The highest BCUT2D eigenvalue weighted by atomic mass is 32.2. The summed E-state index contributed by atoms with van der Waals surface area (Å²) < 4.78 is 25.0. The van der Waals surface area contributed by atoms with E-state index >= 15 is 0 Å².